The second-order valence-corrected chi connectivity index (χ2v) is 5.16. The predicted octanol–water partition coefficient (Wildman–Crippen LogP) is 3.16. The van der Waals surface area contributed by atoms with Crippen molar-refractivity contribution in [1.82, 2.24) is 15.1 Å². The molecule has 3 nitrogen and oxygen atoms in total. The maximum atomic E-state index is 4.40. The average molecular weight is 257 g/mol. The Balaban J connectivity index is 2.06. The van der Waals surface area contributed by atoms with E-state index in [1.54, 1.807) is 0 Å². The second-order valence-electron chi connectivity index (χ2n) is 5.16. The smallest absolute Gasteiger partial charge is 0.0663 e. The quantitative estimate of drug-likeness (QED) is 0.861. The van der Waals surface area contributed by atoms with Gasteiger partial charge in [0.1, 0.15) is 0 Å². The van der Waals surface area contributed by atoms with Crippen molar-refractivity contribution in [1.29, 1.82) is 0 Å². The van der Waals surface area contributed by atoms with Crippen LogP contribution in [0.1, 0.15) is 43.5 Å². The largest absolute Gasteiger partial charge is 0.311 e. The van der Waals surface area contributed by atoms with Crippen molar-refractivity contribution in [3.8, 4) is 0 Å². The van der Waals surface area contributed by atoms with Gasteiger partial charge < -0.3 is 5.32 Å². The molecule has 2 rings (SSSR count). The van der Waals surface area contributed by atoms with Gasteiger partial charge in [0.05, 0.1) is 12.2 Å². The lowest BCUT2D eigenvalue weighted by molar-refractivity contribution is 0.605. The molecule has 0 aliphatic rings. The van der Waals surface area contributed by atoms with Gasteiger partial charge in [-0.2, -0.15) is 5.10 Å². The number of nitrogens with one attached hydrogen (secondary N) is 1. The second kappa shape index (κ2) is 6.53. The summed E-state index contributed by atoms with van der Waals surface area (Å²) in [5.74, 6) is 0.586. The summed E-state index contributed by atoms with van der Waals surface area (Å²) in [5.41, 5.74) is 3.91. The van der Waals surface area contributed by atoms with Gasteiger partial charge >= 0.3 is 0 Å². The molecule has 0 unspecified atom stereocenters. The third kappa shape index (κ3) is 3.67. The molecule has 1 aromatic carbocycles. The van der Waals surface area contributed by atoms with Gasteiger partial charge in [0.15, 0.2) is 0 Å². The molecular weight excluding hydrogens is 234 g/mol. The van der Waals surface area contributed by atoms with Gasteiger partial charge in [-0.25, -0.2) is 0 Å². The first-order valence-corrected chi connectivity index (χ1v) is 7.01. The zero-order valence-electron chi connectivity index (χ0n) is 12.1. The first-order valence-electron chi connectivity index (χ1n) is 7.01. The summed E-state index contributed by atoms with van der Waals surface area (Å²) in [4.78, 5) is 0. The van der Waals surface area contributed by atoms with E-state index in [1.807, 2.05) is 6.20 Å². The van der Waals surface area contributed by atoms with Crippen LogP contribution in [0.15, 0.2) is 36.5 Å². The highest BCUT2D eigenvalue weighted by Gasteiger charge is 2.04. The molecule has 19 heavy (non-hydrogen) atoms. The van der Waals surface area contributed by atoms with Crippen molar-refractivity contribution in [2.24, 2.45) is 0 Å². The van der Waals surface area contributed by atoms with Gasteiger partial charge in [-0.3, -0.25) is 4.68 Å². The van der Waals surface area contributed by atoms with Crippen LogP contribution in [0.3, 0.4) is 0 Å². The third-order valence-corrected chi connectivity index (χ3v) is 3.34. The summed E-state index contributed by atoms with van der Waals surface area (Å²) >= 11 is 0. The standard InChI is InChI=1S/C16H23N3/c1-4-17-11-16-9-10-18-19(16)12-14-5-7-15(8-6-14)13(2)3/h5-10,13,17H,4,11-12H2,1-3H3. The minimum Gasteiger partial charge on any atom is -0.311 e. The van der Waals surface area contributed by atoms with Gasteiger partial charge in [0.25, 0.3) is 0 Å². The zero-order valence-corrected chi connectivity index (χ0v) is 12.1. The van der Waals surface area contributed by atoms with Crippen LogP contribution in [0.4, 0.5) is 0 Å². The first-order chi connectivity index (χ1) is 9.20. The summed E-state index contributed by atoms with van der Waals surface area (Å²) in [6.45, 7) is 9.25. The molecule has 1 aromatic heterocycles. The molecule has 0 aliphatic carbocycles. The Hall–Kier alpha value is -1.61. The molecule has 2 aromatic rings. The summed E-state index contributed by atoms with van der Waals surface area (Å²) in [7, 11) is 0. The summed E-state index contributed by atoms with van der Waals surface area (Å²) in [5, 5.41) is 7.74. The summed E-state index contributed by atoms with van der Waals surface area (Å²) in [6, 6.07) is 10.9. The lowest BCUT2D eigenvalue weighted by atomic mass is 10.0. The zero-order chi connectivity index (χ0) is 13.7. The third-order valence-electron chi connectivity index (χ3n) is 3.34. The van der Waals surface area contributed by atoms with Crippen LogP contribution in [0.5, 0.6) is 0 Å². The Bertz CT molecular complexity index is 497. The molecule has 0 spiro atoms. The van der Waals surface area contributed by atoms with Crippen molar-refractivity contribution in [3.63, 3.8) is 0 Å². The molecule has 1 heterocycles. The SMILES string of the molecule is CCNCc1ccnn1Cc1ccc(C(C)C)cc1. The molecule has 0 radical (unpaired) electrons. The van der Waals surface area contributed by atoms with E-state index >= 15 is 0 Å². The van der Waals surface area contributed by atoms with Gasteiger partial charge in [-0.15, -0.1) is 0 Å². The average Bonchev–Trinajstić information content (AvgIpc) is 2.84. The summed E-state index contributed by atoms with van der Waals surface area (Å²) < 4.78 is 2.06. The number of hydrogen-bond acceptors (Lipinski definition) is 2. The fourth-order valence-electron chi connectivity index (χ4n) is 2.09. The molecule has 0 saturated carbocycles. The monoisotopic (exact) mass is 257 g/mol. The fourth-order valence-corrected chi connectivity index (χ4v) is 2.09. The van der Waals surface area contributed by atoms with E-state index in [0.29, 0.717) is 5.92 Å². The van der Waals surface area contributed by atoms with E-state index in [-0.39, 0.29) is 0 Å². The van der Waals surface area contributed by atoms with Crippen LogP contribution >= 0.6 is 0 Å². The molecule has 102 valence electrons. The van der Waals surface area contributed by atoms with Gasteiger partial charge in [0.2, 0.25) is 0 Å². The highest BCUT2D eigenvalue weighted by molar-refractivity contribution is 5.25. The van der Waals surface area contributed by atoms with Crippen LogP contribution in [-0.4, -0.2) is 16.3 Å². The molecule has 3 heteroatoms. The maximum Gasteiger partial charge on any atom is 0.0663 e. The predicted molar refractivity (Wildman–Crippen MR) is 79.2 cm³/mol. The van der Waals surface area contributed by atoms with Crippen LogP contribution in [0.25, 0.3) is 0 Å². The van der Waals surface area contributed by atoms with Crippen LogP contribution in [-0.2, 0) is 13.1 Å². The van der Waals surface area contributed by atoms with Crippen molar-refractivity contribution in [2.45, 2.75) is 39.8 Å². The van der Waals surface area contributed by atoms with E-state index in [4.69, 9.17) is 0 Å². The molecule has 0 aliphatic heterocycles. The number of aromatic nitrogens is 2. The Labute approximate surface area is 115 Å². The minimum absolute atomic E-state index is 0.586. The van der Waals surface area contributed by atoms with Gasteiger partial charge in [0, 0.05) is 12.7 Å². The topological polar surface area (TPSA) is 29.9 Å². The molecular formula is C16H23N3. The number of benzene rings is 1. The van der Waals surface area contributed by atoms with Gasteiger partial charge in [-0.05, 0) is 29.7 Å². The van der Waals surface area contributed by atoms with E-state index in [0.717, 1.165) is 19.6 Å². The van der Waals surface area contributed by atoms with Crippen LogP contribution in [0.2, 0.25) is 0 Å². The van der Waals surface area contributed by atoms with E-state index in [1.165, 1.54) is 16.8 Å². The number of hydrogen-bond donors (Lipinski definition) is 1. The molecule has 0 bridgehead atoms. The summed E-state index contributed by atoms with van der Waals surface area (Å²) in [6.07, 6.45) is 1.87. The normalized spacial score (nSPS) is 11.2. The van der Waals surface area contributed by atoms with Crippen molar-refractivity contribution in [3.05, 3.63) is 53.3 Å². The Morgan fingerprint density at radius 1 is 1.16 bits per heavy atom. The lowest BCUT2D eigenvalue weighted by Crippen LogP contribution is -2.16. The maximum absolute atomic E-state index is 4.40. The van der Waals surface area contributed by atoms with Crippen molar-refractivity contribution >= 4 is 0 Å². The lowest BCUT2D eigenvalue weighted by Gasteiger charge is -2.10. The minimum atomic E-state index is 0.586. The molecule has 0 amide bonds. The van der Waals surface area contributed by atoms with E-state index in [2.05, 4.69) is 66.2 Å². The highest BCUT2D eigenvalue weighted by Crippen LogP contribution is 2.15. The number of nitrogens with zero attached hydrogens (tertiary/aromatic N) is 2. The number of rotatable bonds is 6. The molecule has 0 saturated heterocycles. The van der Waals surface area contributed by atoms with Crippen LogP contribution in [0, 0.1) is 0 Å². The van der Waals surface area contributed by atoms with Crippen molar-refractivity contribution < 1.29 is 0 Å². The molecule has 0 fully saturated rings. The Morgan fingerprint density at radius 3 is 2.53 bits per heavy atom. The Morgan fingerprint density at radius 2 is 1.89 bits per heavy atom. The van der Waals surface area contributed by atoms with Crippen LogP contribution < -0.4 is 5.32 Å². The van der Waals surface area contributed by atoms with Gasteiger partial charge in [-0.1, -0.05) is 45.0 Å². The molecule has 1 N–H and O–H groups in total. The first kappa shape index (κ1) is 13.8. The molecule has 0 atom stereocenters. The van der Waals surface area contributed by atoms with Crippen molar-refractivity contribution in [2.75, 3.05) is 6.54 Å². The van der Waals surface area contributed by atoms with E-state index in [9.17, 15) is 0 Å². The van der Waals surface area contributed by atoms with E-state index < -0.39 is 0 Å². The highest BCUT2D eigenvalue weighted by atomic mass is 15.3. The Kier molecular flexibility index (Phi) is 4.74. The fraction of sp³-hybridized carbons (Fsp3) is 0.438.